The van der Waals surface area contributed by atoms with Crippen molar-refractivity contribution in [3.05, 3.63) is 40.3 Å². The molecule has 1 fully saturated rings. The van der Waals surface area contributed by atoms with Crippen molar-refractivity contribution in [2.75, 3.05) is 45.2 Å². The molecule has 30 heavy (non-hydrogen) atoms. The molecule has 3 aromatic rings. The number of benzene rings is 1. The zero-order chi connectivity index (χ0) is 21.6. The predicted molar refractivity (Wildman–Crippen MR) is 122 cm³/mol. The molecule has 0 unspecified atom stereocenters. The fraction of sp³-hybridized carbons (Fsp3) is 0.400. The molecule has 0 N–H and O–H groups in total. The number of amides is 1. The molecule has 10 heteroatoms. The lowest BCUT2D eigenvalue weighted by Crippen LogP contribution is -2.50. The highest BCUT2D eigenvalue weighted by Gasteiger charge is 2.32. The second-order valence-corrected chi connectivity index (χ2v) is 11.6. The highest BCUT2D eigenvalue weighted by Crippen LogP contribution is 2.34. The summed E-state index contributed by atoms with van der Waals surface area (Å²) in [5.41, 5.74) is 1.65. The van der Waals surface area contributed by atoms with Gasteiger partial charge in [-0.1, -0.05) is 23.5 Å². The van der Waals surface area contributed by atoms with Crippen LogP contribution < -0.4 is 4.90 Å². The smallest absolute Gasteiger partial charge is 0.264 e. The molecule has 160 valence electrons. The Morgan fingerprint density at radius 1 is 1.07 bits per heavy atom. The number of nitrogens with zero attached hydrogens (tertiary/aromatic N) is 4. The van der Waals surface area contributed by atoms with E-state index in [-0.39, 0.29) is 5.91 Å². The third kappa shape index (κ3) is 3.84. The number of carbonyl (C=O) groups is 1. The highest BCUT2D eigenvalue weighted by molar-refractivity contribution is 7.89. The van der Waals surface area contributed by atoms with Crippen LogP contribution in [-0.2, 0) is 10.0 Å². The number of anilines is 1. The van der Waals surface area contributed by atoms with E-state index in [2.05, 4.69) is 4.98 Å². The van der Waals surface area contributed by atoms with Crippen LogP contribution in [0.25, 0.3) is 9.53 Å². The van der Waals surface area contributed by atoms with Gasteiger partial charge in [-0.05, 0) is 37.1 Å². The first kappa shape index (κ1) is 21.2. The number of sulfonamides is 1. The summed E-state index contributed by atoms with van der Waals surface area (Å²) in [5, 5.41) is 0.917. The maximum atomic E-state index is 13.1. The van der Waals surface area contributed by atoms with Gasteiger partial charge in [0.1, 0.15) is 4.83 Å². The lowest BCUT2D eigenvalue weighted by molar-refractivity contribution is 0.0703. The number of aryl methyl sites for hydroxylation is 2. The summed E-state index contributed by atoms with van der Waals surface area (Å²) in [7, 11) is 0.321. The Labute approximate surface area is 184 Å². The number of carbonyl (C=O) groups excluding carboxylic acids is 1. The molecule has 1 aliphatic rings. The van der Waals surface area contributed by atoms with Crippen molar-refractivity contribution in [2.45, 2.75) is 18.7 Å². The Hall–Kier alpha value is -2.01. The number of thiazole rings is 1. The van der Waals surface area contributed by atoms with E-state index in [9.17, 15) is 13.2 Å². The Balaban J connectivity index is 1.47. The van der Waals surface area contributed by atoms with Crippen LogP contribution in [0, 0.1) is 13.8 Å². The summed E-state index contributed by atoms with van der Waals surface area (Å²) in [4.78, 5) is 23.1. The molecule has 1 amide bonds. The Morgan fingerprint density at radius 2 is 1.77 bits per heavy atom. The van der Waals surface area contributed by atoms with Gasteiger partial charge in [0.15, 0.2) is 5.13 Å². The summed E-state index contributed by atoms with van der Waals surface area (Å²) in [5.74, 6) is -0.0552. The maximum absolute atomic E-state index is 13.1. The molecule has 0 saturated carbocycles. The average molecular weight is 465 g/mol. The van der Waals surface area contributed by atoms with Crippen LogP contribution in [0.15, 0.2) is 29.2 Å². The predicted octanol–water partition coefficient (Wildman–Crippen LogP) is 3.19. The van der Waals surface area contributed by atoms with E-state index in [1.807, 2.05) is 51.0 Å². The fourth-order valence-corrected chi connectivity index (χ4v) is 7.27. The molecule has 4 rings (SSSR count). The van der Waals surface area contributed by atoms with E-state index in [0.29, 0.717) is 36.0 Å². The van der Waals surface area contributed by atoms with Crippen LogP contribution in [-0.4, -0.2) is 68.8 Å². The topological polar surface area (TPSA) is 73.8 Å². The first-order valence-corrected chi connectivity index (χ1v) is 12.7. The molecule has 0 spiro atoms. The number of hydrogen-bond donors (Lipinski definition) is 0. The largest absolute Gasteiger partial charge is 0.354 e. The van der Waals surface area contributed by atoms with E-state index in [0.717, 1.165) is 25.8 Å². The van der Waals surface area contributed by atoms with Gasteiger partial charge in [0.25, 0.3) is 5.91 Å². The van der Waals surface area contributed by atoms with E-state index < -0.39 is 10.0 Å². The minimum Gasteiger partial charge on any atom is -0.354 e. The number of piperazine rings is 1. The number of thiophene rings is 1. The molecule has 3 heterocycles. The van der Waals surface area contributed by atoms with Crippen LogP contribution in [0.4, 0.5) is 5.13 Å². The Bertz CT molecular complexity index is 1170. The summed E-state index contributed by atoms with van der Waals surface area (Å²) in [6, 6.07) is 7.36. The maximum Gasteiger partial charge on any atom is 0.264 e. The normalized spacial score (nSPS) is 15.7. The van der Waals surface area contributed by atoms with Gasteiger partial charge in [-0.2, -0.15) is 4.31 Å². The first-order chi connectivity index (χ1) is 14.2. The third-order valence-corrected chi connectivity index (χ3v) is 9.52. The van der Waals surface area contributed by atoms with E-state index in [1.54, 1.807) is 22.3 Å². The molecule has 2 aromatic heterocycles. The minimum atomic E-state index is -3.57. The van der Waals surface area contributed by atoms with E-state index >= 15 is 0 Å². The summed E-state index contributed by atoms with van der Waals surface area (Å²) >= 11 is 2.95. The van der Waals surface area contributed by atoms with Gasteiger partial charge < -0.3 is 9.80 Å². The second kappa shape index (κ2) is 7.92. The van der Waals surface area contributed by atoms with Crippen molar-refractivity contribution in [3.8, 4) is 0 Å². The Kier molecular flexibility index (Phi) is 5.60. The number of aromatic nitrogens is 1. The first-order valence-electron chi connectivity index (χ1n) is 9.61. The Morgan fingerprint density at radius 3 is 2.40 bits per heavy atom. The molecular weight excluding hydrogens is 440 g/mol. The van der Waals surface area contributed by atoms with Gasteiger partial charge in [-0.3, -0.25) is 4.79 Å². The standard InChI is InChI=1S/C20H24N4O3S3/c1-13-5-6-14(2)17(11-13)30(26,27)24-9-7-23(8-10-24)19(25)16-12-15-18(28-16)21-20(29-15)22(3)4/h5-6,11-12H,7-10H2,1-4H3. The molecule has 0 radical (unpaired) electrons. The summed E-state index contributed by atoms with van der Waals surface area (Å²) < 4.78 is 28.7. The van der Waals surface area contributed by atoms with Gasteiger partial charge in [0.05, 0.1) is 14.5 Å². The summed E-state index contributed by atoms with van der Waals surface area (Å²) in [6.07, 6.45) is 0. The molecule has 1 aliphatic heterocycles. The lowest BCUT2D eigenvalue weighted by atomic mass is 10.2. The minimum absolute atomic E-state index is 0.0552. The van der Waals surface area contributed by atoms with Crippen LogP contribution in [0.3, 0.4) is 0 Å². The molecule has 1 saturated heterocycles. The number of fused-ring (bicyclic) bond motifs is 1. The lowest BCUT2D eigenvalue weighted by Gasteiger charge is -2.34. The van der Waals surface area contributed by atoms with Crippen molar-refractivity contribution in [2.24, 2.45) is 0 Å². The number of rotatable bonds is 4. The van der Waals surface area contributed by atoms with Crippen LogP contribution >= 0.6 is 22.7 Å². The average Bonchev–Trinajstić information content (AvgIpc) is 3.29. The fourth-order valence-electron chi connectivity index (χ4n) is 3.43. The van der Waals surface area contributed by atoms with Gasteiger partial charge in [0.2, 0.25) is 10.0 Å². The summed E-state index contributed by atoms with van der Waals surface area (Å²) in [6.45, 7) is 5.05. The molecule has 7 nitrogen and oxygen atoms in total. The van der Waals surface area contributed by atoms with Crippen LogP contribution in [0.2, 0.25) is 0 Å². The van der Waals surface area contributed by atoms with E-state index in [1.165, 1.54) is 15.6 Å². The van der Waals surface area contributed by atoms with Crippen LogP contribution in [0.1, 0.15) is 20.8 Å². The van der Waals surface area contributed by atoms with Gasteiger partial charge in [-0.25, -0.2) is 13.4 Å². The third-order valence-electron chi connectivity index (χ3n) is 5.16. The van der Waals surface area contributed by atoms with Gasteiger partial charge in [0, 0.05) is 40.3 Å². The van der Waals surface area contributed by atoms with Gasteiger partial charge in [-0.15, -0.1) is 11.3 Å². The molecule has 0 aliphatic carbocycles. The monoisotopic (exact) mass is 464 g/mol. The number of hydrogen-bond acceptors (Lipinski definition) is 7. The highest BCUT2D eigenvalue weighted by atomic mass is 32.2. The van der Waals surface area contributed by atoms with Crippen LogP contribution in [0.5, 0.6) is 0 Å². The van der Waals surface area contributed by atoms with Crippen molar-refractivity contribution < 1.29 is 13.2 Å². The second-order valence-electron chi connectivity index (χ2n) is 7.64. The SMILES string of the molecule is Cc1ccc(C)c(S(=O)(=O)N2CCN(C(=O)c3cc4sc(N(C)C)nc4s3)CC2)c1. The van der Waals surface area contributed by atoms with E-state index in [4.69, 9.17) is 0 Å². The van der Waals surface area contributed by atoms with Crippen molar-refractivity contribution in [1.29, 1.82) is 0 Å². The van der Waals surface area contributed by atoms with Crippen molar-refractivity contribution >= 4 is 53.3 Å². The molecule has 0 bridgehead atoms. The molecular formula is C20H24N4O3S3. The quantitative estimate of drug-likeness (QED) is 0.593. The van der Waals surface area contributed by atoms with Gasteiger partial charge >= 0.3 is 0 Å². The van der Waals surface area contributed by atoms with Crippen molar-refractivity contribution in [1.82, 2.24) is 14.2 Å². The van der Waals surface area contributed by atoms with Crippen molar-refractivity contribution in [3.63, 3.8) is 0 Å². The molecule has 0 atom stereocenters. The molecule has 1 aromatic carbocycles. The zero-order valence-corrected chi connectivity index (χ0v) is 19.8. The zero-order valence-electron chi connectivity index (χ0n) is 17.4.